The zero-order valence-electron chi connectivity index (χ0n) is 13.2. The Morgan fingerprint density at radius 2 is 1.83 bits per heavy atom. The highest BCUT2D eigenvalue weighted by Gasteiger charge is 2.27. The zero-order valence-corrected chi connectivity index (χ0v) is 13.2. The van der Waals surface area contributed by atoms with Gasteiger partial charge in [-0.1, -0.05) is 0 Å². The number of hydrogen-bond donors (Lipinski definition) is 0. The van der Waals surface area contributed by atoms with Gasteiger partial charge in [0.2, 0.25) is 5.52 Å². The standard InChI is InChI=1S/C12H17N5O6/c1-14-8-9(13-11(14)17(20)21)16(6-5-7(22-3)23-4)12(19)15(2)10(8)18/h7H,5-6H2,1-4H3. The maximum absolute atomic E-state index is 12.3. The molecule has 0 spiro atoms. The molecule has 2 heterocycles. The highest BCUT2D eigenvalue weighted by atomic mass is 16.7. The van der Waals surface area contributed by atoms with Crippen molar-refractivity contribution in [3.05, 3.63) is 31.0 Å². The molecule has 0 aliphatic heterocycles. The molecule has 126 valence electrons. The molecule has 0 aliphatic carbocycles. The number of ether oxygens (including phenoxy) is 2. The van der Waals surface area contributed by atoms with Crippen molar-refractivity contribution in [2.75, 3.05) is 14.2 Å². The Kier molecular flexibility index (Phi) is 4.61. The van der Waals surface area contributed by atoms with Crippen molar-refractivity contribution in [3.63, 3.8) is 0 Å². The van der Waals surface area contributed by atoms with Crippen molar-refractivity contribution in [3.8, 4) is 0 Å². The number of aromatic nitrogens is 4. The first-order valence-corrected chi connectivity index (χ1v) is 6.69. The van der Waals surface area contributed by atoms with Gasteiger partial charge in [-0.05, 0) is 9.91 Å². The van der Waals surface area contributed by atoms with E-state index in [0.717, 1.165) is 9.13 Å². The van der Waals surface area contributed by atoms with E-state index in [0.29, 0.717) is 6.42 Å². The van der Waals surface area contributed by atoms with E-state index in [2.05, 4.69) is 4.98 Å². The predicted molar refractivity (Wildman–Crippen MR) is 79.3 cm³/mol. The Hall–Kier alpha value is -2.53. The number of fused-ring (bicyclic) bond motifs is 1. The molecular formula is C12H17N5O6. The average Bonchev–Trinajstić information content (AvgIpc) is 2.86. The molecule has 0 N–H and O–H groups in total. The van der Waals surface area contributed by atoms with Crippen LogP contribution in [-0.4, -0.2) is 44.1 Å². The third kappa shape index (κ3) is 2.75. The van der Waals surface area contributed by atoms with Crippen LogP contribution in [0.5, 0.6) is 0 Å². The molecular weight excluding hydrogens is 310 g/mol. The summed E-state index contributed by atoms with van der Waals surface area (Å²) >= 11 is 0. The second-order valence-electron chi connectivity index (χ2n) is 4.89. The summed E-state index contributed by atoms with van der Waals surface area (Å²) in [5, 5.41) is 11.0. The van der Waals surface area contributed by atoms with Gasteiger partial charge in [0.05, 0.1) is 7.05 Å². The van der Waals surface area contributed by atoms with Crippen molar-refractivity contribution in [2.45, 2.75) is 19.3 Å². The Bertz CT molecular complexity index is 859. The van der Waals surface area contributed by atoms with Crippen LogP contribution in [0.3, 0.4) is 0 Å². The van der Waals surface area contributed by atoms with E-state index in [1.54, 1.807) is 0 Å². The second-order valence-corrected chi connectivity index (χ2v) is 4.89. The number of imidazole rings is 1. The van der Waals surface area contributed by atoms with Crippen LogP contribution in [0.15, 0.2) is 9.59 Å². The number of rotatable bonds is 6. The molecule has 0 radical (unpaired) electrons. The quantitative estimate of drug-likeness (QED) is 0.392. The van der Waals surface area contributed by atoms with Gasteiger partial charge in [-0.3, -0.25) is 13.9 Å². The van der Waals surface area contributed by atoms with Crippen LogP contribution in [-0.2, 0) is 30.1 Å². The summed E-state index contributed by atoms with van der Waals surface area (Å²) in [6.45, 7) is 0.129. The molecule has 0 saturated carbocycles. The smallest absolute Gasteiger partial charge is 0.390 e. The summed E-state index contributed by atoms with van der Waals surface area (Å²) < 4.78 is 13.3. The Morgan fingerprint density at radius 1 is 1.22 bits per heavy atom. The molecule has 0 unspecified atom stereocenters. The van der Waals surface area contributed by atoms with Crippen LogP contribution in [0, 0.1) is 10.1 Å². The first-order chi connectivity index (χ1) is 10.8. The minimum absolute atomic E-state index is 0.00909. The largest absolute Gasteiger partial charge is 0.437 e. The van der Waals surface area contributed by atoms with E-state index < -0.39 is 28.4 Å². The van der Waals surface area contributed by atoms with E-state index in [9.17, 15) is 19.7 Å². The van der Waals surface area contributed by atoms with Crippen LogP contribution < -0.4 is 11.2 Å². The summed E-state index contributed by atoms with van der Waals surface area (Å²) in [7, 11) is 5.58. The first kappa shape index (κ1) is 16.8. The SMILES string of the molecule is COC(CCn1c(=O)n(C)c(=O)c2c1nc([N+](=O)[O-])n2C)OC. The summed E-state index contributed by atoms with van der Waals surface area (Å²) in [6, 6.07) is 0. The number of nitro groups is 1. The molecule has 23 heavy (non-hydrogen) atoms. The molecule has 0 aromatic carbocycles. The highest BCUT2D eigenvalue weighted by Crippen LogP contribution is 2.16. The fraction of sp³-hybridized carbons (Fsp3) is 0.583. The van der Waals surface area contributed by atoms with Gasteiger partial charge in [-0.2, -0.15) is 0 Å². The lowest BCUT2D eigenvalue weighted by Gasteiger charge is -2.14. The number of hydrogen-bond acceptors (Lipinski definition) is 7. The van der Waals surface area contributed by atoms with Gasteiger partial charge < -0.3 is 19.6 Å². The van der Waals surface area contributed by atoms with E-state index in [-0.39, 0.29) is 17.7 Å². The summed E-state index contributed by atoms with van der Waals surface area (Å²) in [5.74, 6) is -0.508. The molecule has 0 aliphatic rings. The average molecular weight is 327 g/mol. The van der Waals surface area contributed by atoms with E-state index >= 15 is 0 Å². The van der Waals surface area contributed by atoms with Gasteiger partial charge in [-0.25, -0.2) is 9.36 Å². The summed E-state index contributed by atoms with van der Waals surface area (Å²) in [4.78, 5) is 38.7. The van der Waals surface area contributed by atoms with Gasteiger partial charge >= 0.3 is 11.6 Å². The van der Waals surface area contributed by atoms with Crippen LogP contribution >= 0.6 is 0 Å². The topological polar surface area (TPSA) is 123 Å². The molecule has 2 aromatic rings. The third-order valence-corrected chi connectivity index (χ3v) is 3.61. The second kappa shape index (κ2) is 6.30. The van der Waals surface area contributed by atoms with E-state index in [1.807, 2.05) is 0 Å². The van der Waals surface area contributed by atoms with Crippen molar-refractivity contribution in [2.24, 2.45) is 14.1 Å². The molecule has 11 heteroatoms. The molecule has 2 rings (SSSR count). The summed E-state index contributed by atoms with van der Waals surface area (Å²) in [6.07, 6.45) is -0.238. The fourth-order valence-corrected chi connectivity index (χ4v) is 2.35. The Labute approximate surface area is 129 Å². The van der Waals surface area contributed by atoms with Gasteiger partial charge in [-0.15, -0.1) is 0 Å². The van der Waals surface area contributed by atoms with Crippen molar-refractivity contribution >= 4 is 17.1 Å². The van der Waals surface area contributed by atoms with Crippen LogP contribution in [0.25, 0.3) is 11.2 Å². The lowest BCUT2D eigenvalue weighted by atomic mass is 10.4. The predicted octanol–water partition coefficient (Wildman–Crippen LogP) is -0.649. The minimum Gasteiger partial charge on any atom is -0.390 e. The van der Waals surface area contributed by atoms with Crippen molar-refractivity contribution < 1.29 is 14.4 Å². The Balaban J connectivity index is 2.68. The van der Waals surface area contributed by atoms with E-state index in [1.165, 1.54) is 32.9 Å². The van der Waals surface area contributed by atoms with Crippen molar-refractivity contribution in [1.82, 2.24) is 18.7 Å². The minimum atomic E-state index is -0.707. The number of aryl methyl sites for hydroxylation is 2. The van der Waals surface area contributed by atoms with Crippen LogP contribution in [0.4, 0.5) is 5.95 Å². The first-order valence-electron chi connectivity index (χ1n) is 6.69. The lowest BCUT2D eigenvalue weighted by Crippen LogP contribution is -2.39. The molecule has 11 nitrogen and oxygen atoms in total. The third-order valence-electron chi connectivity index (χ3n) is 3.61. The molecule has 2 aromatic heterocycles. The highest BCUT2D eigenvalue weighted by molar-refractivity contribution is 5.72. The number of methoxy groups -OCH3 is 2. The van der Waals surface area contributed by atoms with Crippen LogP contribution in [0.2, 0.25) is 0 Å². The maximum Gasteiger partial charge on any atom is 0.437 e. The van der Waals surface area contributed by atoms with Gasteiger partial charge in [0.25, 0.3) is 11.2 Å². The molecule has 0 atom stereocenters. The van der Waals surface area contributed by atoms with Crippen LogP contribution in [0.1, 0.15) is 6.42 Å². The van der Waals surface area contributed by atoms with Gasteiger partial charge in [0.1, 0.15) is 0 Å². The van der Waals surface area contributed by atoms with Gasteiger partial charge in [0, 0.05) is 34.2 Å². The molecule has 0 saturated heterocycles. The molecule has 0 bridgehead atoms. The zero-order chi connectivity index (χ0) is 17.3. The molecule has 0 fully saturated rings. The normalized spacial score (nSPS) is 11.5. The molecule has 0 amide bonds. The Morgan fingerprint density at radius 3 is 2.35 bits per heavy atom. The summed E-state index contributed by atoms with van der Waals surface area (Å²) in [5.41, 5.74) is -1.29. The van der Waals surface area contributed by atoms with E-state index in [4.69, 9.17) is 9.47 Å². The van der Waals surface area contributed by atoms with Crippen molar-refractivity contribution in [1.29, 1.82) is 0 Å². The fourth-order valence-electron chi connectivity index (χ4n) is 2.35. The maximum atomic E-state index is 12.3. The number of nitrogens with zero attached hydrogens (tertiary/aromatic N) is 5. The lowest BCUT2D eigenvalue weighted by molar-refractivity contribution is -0.396. The van der Waals surface area contributed by atoms with Gasteiger partial charge in [0.15, 0.2) is 6.29 Å². The monoisotopic (exact) mass is 327 g/mol.